The maximum atomic E-state index is 12.9. The fourth-order valence-corrected chi connectivity index (χ4v) is 4.41. The second-order valence-corrected chi connectivity index (χ2v) is 9.64. The lowest BCUT2D eigenvalue weighted by Gasteiger charge is -2.26. The van der Waals surface area contributed by atoms with Gasteiger partial charge in [-0.25, -0.2) is 4.79 Å². The predicted octanol–water partition coefficient (Wildman–Crippen LogP) is 1.49. The number of hydrogen-bond donors (Lipinski definition) is 4. The normalized spacial score (nSPS) is 18.8. The molecule has 1 fully saturated rings. The van der Waals surface area contributed by atoms with Gasteiger partial charge < -0.3 is 26.6 Å². The number of thioether (sulfide) groups is 2. The van der Waals surface area contributed by atoms with Crippen LogP contribution >= 0.6 is 23.5 Å². The summed E-state index contributed by atoms with van der Waals surface area (Å²) in [6, 6.07) is 4.99. The third kappa shape index (κ3) is 7.06. The van der Waals surface area contributed by atoms with Crippen molar-refractivity contribution in [2.75, 3.05) is 30.1 Å². The van der Waals surface area contributed by atoms with E-state index in [1.165, 1.54) is 16.7 Å². The van der Waals surface area contributed by atoms with E-state index in [2.05, 4.69) is 16.0 Å². The summed E-state index contributed by atoms with van der Waals surface area (Å²) in [5.41, 5.74) is 6.06. The Balaban J connectivity index is 2.08. The molecule has 0 bridgehead atoms. The molecule has 32 heavy (non-hydrogen) atoms. The van der Waals surface area contributed by atoms with Crippen LogP contribution in [0.1, 0.15) is 20.3 Å². The van der Waals surface area contributed by atoms with Gasteiger partial charge in [0.2, 0.25) is 17.7 Å². The molecule has 2 rings (SSSR count). The van der Waals surface area contributed by atoms with Crippen LogP contribution in [0.2, 0.25) is 0 Å². The lowest BCUT2D eigenvalue weighted by Crippen LogP contribution is -2.54. The molecule has 0 spiro atoms. The zero-order valence-electron chi connectivity index (χ0n) is 18.7. The molecule has 0 radical (unpaired) electrons. The summed E-state index contributed by atoms with van der Waals surface area (Å²) in [6.07, 6.45) is 4.00. The van der Waals surface area contributed by atoms with Crippen molar-refractivity contribution in [1.82, 2.24) is 15.5 Å². The van der Waals surface area contributed by atoms with E-state index in [1.54, 1.807) is 37.9 Å². The number of amides is 5. The first kappa shape index (κ1) is 25.9. The molecule has 1 aliphatic rings. The lowest BCUT2D eigenvalue weighted by atomic mass is 10.0. The molecule has 5 amide bonds. The van der Waals surface area contributed by atoms with Crippen LogP contribution in [0.15, 0.2) is 29.2 Å². The van der Waals surface area contributed by atoms with Crippen LogP contribution in [0.3, 0.4) is 0 Å². The van der Waals surface area contributed by atoms with Crippen LogP contribution in [-0.2, 0) is 14.4 Å². The number of urea groups is 1. The number of hydrogen-bond acceptors (Lipinski definition) is 6. The van der Waals surface area contributed by atoms with Crippen LogP contribution < -0.4 is 21.7 Å². The minimum absolute atomic E-state index is 0.190. The summed E-state index contributed by atoms with van der Waals surface area (Å²) in [5, 5.41) is 8.30. The SMILES string of the molecule is CSCC(=O)N1C[C@@H](NC(=O)Nc2cccc(SC)c2)C[C@H]1C(=O)N[C@@H](C(N)=O)C(C)C. The number of primary amides is 1. The Hall–Kier alpha value is -2.40. The van der Waals surface area contributed by atoms with E-state index in [9.17, 15) is 19.2 Å². The molecule has 1 aliphatic heterocycles. The van der Waals surface area contributed by atoms with Crippen molar-refractivity contribution in [1.29, 1.82) is 0 Å². The molecule has 1 aromatic rings. The summed E-state index contributed by atoms with van der Waals surface area (Å²) >= 11 is 2.92. The number of nitrogens with two attached hydrogens (primary N) is 1. The highest BCUT2D eigenvalue weighted by Crippen LogP contribution is 2.22. The summed E-state index contributed by atoms with van der Waals surface area (Å²) in [7, 11) is 0. The second kappa shape index (κ2) is 12.0. The number of benzene rings is 1. The van der Waals surface area contributed by atoms with Crippen molar-refractivity contribution in [2.24, 2.45) is 11.7 Å². The molecule has 0 aromatic heterocycles. The van der Waals surface area contributed by atoms with E-state index in [1.807, 2.05) is 24.5 Å². The standard InChI is InChI=1S/C21H31N5O4S2/c1-12(2)18(19(22)28)25-20(29)16-9-14(10-26(16)17(27)11-31-3)24-21(30)23-13-6-5-7-15(8-13)32-4/h5-8,12,14,16,18H,9-11H2,1-4H3,(H2,22,28)(H,25,29)(H2,23,24,30)/t14-,16-,18+/m0/s1. The van der Waals surface area contributed by atoms with Crippen molar-refractivity contribution in [2.45, 2.75) is 43.3 Å². The van der Waals surface area contributed by atoms with Gasteiger partial charge in [-0.3, -0.25) is 14.4 Å². The van der Waals surface area contributed by atoms with Gasteiger partial charge in [0.1, 0.15) is 12.1 Å². The van der Waals surface area contributed by atoms with Crippen LogP contribution in [-0.4, -0.2) is 71.6 Å². The number of nitrogens with one attached hydrogen (secondary N) is 3. The quantitative estimate of drug-likeness (QED) is 0.395. The van der Waals surface area contributed by atoms with E-state index in [4.69, 9.17) is 5.73 Å². The van der Waals surface area contributed by atoms with E-state index in [-0.39, 0.29) is 30.5 Å². The summed E-state index contributed by atoms with van der Waals surface area (Å²) < 4.78 is 0. The number of likely N-dealkylation sites (tertiary alicyclic amines) is 1. The minimum Gasteiger partial charge on any atom is -0.368 e. The number of anilines is 1. The largest absolute Gasteiger partial charge is 0.368 e. The summed E-state index contributed by atoms with van der Waals surface area (Å²) in [4.78, 5) is 52.2. The molecular weight excluding hydrogens is 450 g/mol. The van der Waals surface area contributed by atoms with Crippen molar-refractivity contribution in [3.63, 3.8) is 0 Å². The number of nitrogens with zero attached hydrogens (tertiary/aromatic N) is 1. The van der Waals surface area contributed by atoms with Gasteiger partial charge in [0.25, 0.3) is 0 Å². The van der Waals surface area contributed by atoms with E-state index >= 15 is 0 Å². The van der Waals surface area contributed by atoms with Crippen LogP contribution in [0.25, 0.3) is 0 Å². The monoisotopic (exact) mass is 481 g/mol. The van der Waals surface area contributed by atoms with E-state index < -0.39 is 36.0 Å². The van der Waals surface area contributed by atoms with Gasteiger partial charge in [0.05, 0.1) is 11.8 Å². The van der Waals surface area contributed by atoms with Gasteiger partial charge in [0.15, 0.2) is 0 Å². The fraction of sp³-hybridized carbons (Fsp3) is 0.524. The van der Waals surface area contributed by atoms with Gasteiger partial charge >= 0.3 is 6.03 Å². The number of carbonyl (C=O) groups excluding carboxylic acids is 4. The molecule has 1 heterocycles. The maximum Gasteiger partial charge on any atom is 0.319 e. The summed E-state index contributed by atoms with van der Waals surface area (Å²) in [6.45, 7) is 3.77. The minimum atomic E-state index is -0.834. The number of carbonyl (C=O) groups is 4. The molecule has 9 nitrogen and oxygen atoms in total. The molecule has 1 saturated heterocycles. The second-order valence-electron chi connectivity index (χ2n) is 7.89. The highest BCUT2D eigenvalue weighted by atomic mass is 32.2. The third-order valence-corrected chi connectivity index (χ3v) is 6.39. The first-order valence-corrected chi connectivity index (χ1v) is 12.9. The maximum absolute atomic E-state index is 12.9. The Kier molecular flexibility index (Phi) is 9.70. The first-order chi connectivity index (χ1) is 15.2. The average molecular weight is 482 g/mol. The van der Waals surface area contributed by atoms with Crippen LogP contribution in [0.5, 0.6) is 0 Å². The van der Waals surface area contributed by atoms with Gasteiger partial charge in [-0.05, 0) is 43.0 Å². The Morgan fingerprint density at radius 2 is 1.94 bits per heavy atom. The molecule has 1 aromatic carbocycles. The topological polar surface area (TPSA) is 134 Å². The van der Waals surface area contributed by atoms with Crippen molar-refractivity contribution in [3.05, 3.63) is 24.3 Å². The smallest absolute Gasteiger partial charge is 0.319 e. The molecule has 3 atom stereocenters. The molecule has 0 unspecified atom stereocenters. The third-order valence-electron chi connectivity index (χ3n) is 5.13. The molecule has 5 N–H and O–H groups in total. The lowest BCUT2D eigenvalue weighted by molar-refractivity contribution is -0.138. The van der Waals surface area contributed by atoms with Crippen molar-refractivity contribution in [3.8, 4) is 0 Å². The Bertz CT molecular complexity index is 851. The zero-order chi connectivity index (χ0) is 23.8. The van der Waals surface area contributed by atoms with Crippen molar-refractivity contribution < 1.29 is 19.2 Å². The zero-order valence-corrected chi connectivity index (χ0v) is 20.3. The molecule has 0 aliphatic carbocycles. The van der Waals surface area contributed by atoms with Crippen LogP contribution in [0.4, 0.5) is 10.5 Å². The van der Waals surface area contributed by atoms with Gasteiger partial charge in [-0.15, -0.1) is 11.8 Å². The van der Waals surface area contributed by atoms with Gasteiger partial charge in [0, 0.05) is 17.1 Å². The highest BCUT2D eigenvalue weighted by Gasteiger charge is 2.41. The summed E-state index contributed by atoms with van der Waals surface area (Å²) in [5.74, 6) is -1.25. The van der Waals surface area contributed by atoms with Gasteiger partial charge in [-0.2, -0.15) is 11.8 Å². The Morgan fingerprint density at radius 3 is 2.53 bits per heavy atom. The molecular formula is C21H31N5O4S2. The fourth-order valence-electron chi connectivity index (χ4n) is 3.54. The predicted molar refractivity (Wildman–Crippen MR) is 129 cm³/mol. The molecule has 176 valence electrons. The number of rotatable bonds is 9. The van der Waals surface area contributed by atoms with Gasteiger partial charge in [-0.1, -0.05) is 19.9 Å². The van der Waals surface area contributed by atoms with E-state index in [0.717, 1.165) is 4.90 Å². The van der Waals surface area contributed by atoms with E-state index in [0.29, 0.717) is 5.69 Å². The average Bonchev–Trinajstić information content (AvgIpc) is 3.15. The van der Waals surface area contributed by atoms with Crippen molar-refractivity contribution >= 4 is 53.0 Å². The highest BCUT2D eigenvalue weighted by molar-refractivity contribution is 7.99. The first-order valence-electron chi connectivity index (χ1n) is 10.3. The van der Waals surface area contributed by atoms with Crippen LogP contribution in [0, 0.1) is 5.92 Å². The molecule has 11 heteroatoms. The molecule has 0 saturated carbocycles. The Morgan fingerprint density at radius 1 is 1.22 bits per heavy atom. The Labute approximate surface area is 197 Å².